The van der Waals surface area contributed by atoms with Crippen LogP contribution >= 0.6 is 0 Å². The highest BCUT2D eigenvalue weighted by Crippen LogP contribution is 2.23. The van der Waals surface area contributed by atoms with Crippen LogP contribution in [0.5, 0.6) is 0 Å². The van der Waals surface area contributed by atoms with Crippen LogP contribution in [-0.4, -0.2) is 21.9 Å². The standard InChI is InChI=1S/C19H24N4O/c1-12-8-13(2)18(14(3)9-12)23-19(24)16-10-17(21-11-20-16)22-15-6-4-5-7-15/h8-11,15H,4-7H2,1-3H3,(H,23,24)(H,20,21,22). The van der Waals surface area contributed by atoms with Gasteiger partial charge in [-0.3, -0.25) is 4.79 Å². The average Bonchev–Trinajstić information content (AvgIpc) is 3.04. The number of benzene rings is 1. The maximum Gasteiger partial charge on any atom is 0.274 e. The van der Waals surface area contributed by atoms with Crippen molar-refractivity contribution in [2.24, 2.45) is 0 Å². The molecule has 1 amide bonds. The van der Waals surface area contributed by atoms with Gasteiger partial charge in [0.15, 0.2) is 0 Å². The Labute approximate surface area is 142 Å². The summed E-state index contributed by atoms with van der Waals surface area (Å²) < 4.78 is 0. The van der Waals surface area contributed by atoms with Crippen molar-refractivity contribution < 1.29 is 4.79 Å². The maximum absolute atomic E-state index is 12.6. The smallest absolute Gasteiger partial charge is 0.274 e. The molecule has 0 bridgehead atoms. The second-order valence-electron chi connectivity index (χ2n) is 6.64. The van der Waals surface area contributed by atoms with Crippen LogP contribution in [0.2, 0.25) is 0 Å². The second-order valence-corrected chi connectivity index (χ2v) is 6.64. The lowest BCUT2D eigenvalue weighted by atomic mass is 10.0. The summed E-state index contributed by atoms with van der Waals surface area (Å²) in [6, 6.07) is 6.31. The number of nitrogens with one attached hydrogen (secondary N) is 2. The Morgan fingerprint density at radius 1 is 1.04 bits per heavy atom. The molecule has 0 aliphatic heterocycles. The van der Waals surface area contributed by atoms with Crippen LogP contribution in [0.1, 0.15) is 52.9 Å². The molecule has 2 N–H and O–H groups in total. The summed E-state index contributed by atoms with van der Waals surface area (Å²) in [5.41, 5.74) is 4.53. The van der Waals surface area contributed by atoms with Gasteiger partial charge in [0.1, 0.15) is 17.8 Å². The molecule has 1 aromatic heterocycles. The van der Waals surface area contributed by atoms with Crippen LogP contribution in [0.4, 0.5) is 11.5 Å². The molecule has 1 aromatic carbocycles. The topological polar surface area (TPSA) is 66.9 Å². The zero-order valence-electron chi connectivity index (χ0n) is 14.5. The minimum atomic E-state index is -0.207. The molecule has 1 fully saturated rings. The number of carbonyl (C=O) groups excluding carboxylic acids is 1. The van der Waals surface area contributed by atoms with Gasteiger partial charge in [-0.1, -0.05) is 30.5 Å². The number of amides is 1. The number of aryl methyl sites for hydroxylation is 3. The molecule has 0 spiro atoms. The van der Waals surface area contributed by atoms with E-state index in [4.69, 9.17) is 0 Å². The van der Waals surface area contributed by atoms with E-state index in [1.54, 1.807) is 6.07 Å². The molecule has 1 aliphatic carbocycles. The molecular formula is C19H24N4O. The van der Waals surface area contributed by atoms with Gasteiger partial charge in [-0.15, -0.1) is 0 Å². The van der Waals surface area contributed by atoms with E-state index in [0.29, 0.717) is 11.7 Å². The summed E-state index contributed by atoms with van der Waals surface area (Å²) >= 11 is 0. The first-order chi connectivity index (χ1) is 11.5. The summed E-state index contributed by atoms with van der Waals surface area (Å²) in [4.78, 5) is 20.9. The van der Waals surface area contributed by atoms with Gasteiger partial charge in [0, 0.05) is 17.8 Å². The second kappa shape index (κ2) is 6.99. The van der Waals surface area contributed by atoms with E-state index in [1.807, 2.05) is 13.8 Å². The van der Waals surface area contributed by atoms with Crippen molar-refractivity contribution in [1.29, 1.82) is 0 Å². The van der Waals surface area contributed by atoms with E-state index >= 15 is 0 Å². The van der Waals surface area contributed by atoms with Gasteiger partial charge in [-0.25, -0.2) is 9.97 Å². The van der Waals surface area contributed by atoms with Crippen molar-refractivity contribution >= 4 is 17.4 Å². The van der Waals surface area contributed by atoms with Gasteiger partial charge >= 0.3 is 0 Å². The molecule has 1 saturated carbocycles. The quantitative estimate of drug-likeness (QED) is 0.892. The Kier molecular flexibility index (Phi) is 4.79. The van der Waals surface area contributed by atoms with Gasteiger partial charge in [0.05, 0.1) is 0 Å². The molecule has 126 valence electrons. The third kappa shape index (κ3) is 3.72. The van der Waals surface area contributed by atoms with E-state index in [0.717, 1.165) is 35.5 Å². The number of hydrogen-bond acceptors (Lipinski definition) is 4. The molecule has 24 heavy (non-hydrogen) atoms. The van der Waals surface area contributed by atoms with E-state index in [9.17, 15) is 4.79 Å². The number of nitrogens with zero attached hydrogens (tertiary/aromatic N) is 2. The van der Waals surface area contributed by atoms with Gasteiger partial charge in [-0.05, 0) is 44.7 Å². The van der Waals surface area contributed by atoms with Gasteiger partial charge in [0.2, 0.25) is 0 Å². The fraction of sp³-hybridized carbons (Fsp3) is 0.421. The Bertz CT molecular complexity index is 728. The lowest BCUT2D eigenvalue weighted by Crippen LogP contribution is -2.19. The number of aromatic nitrogens is 2. The molecule has 0 atom stereocenters. The third-order valence-electron chi connectivity index (χ3n) is 4.52. The van der Waals surface area contributed by atoms with E-state index in [-0.39, 0.29) is 5.91 Å². The zero-order valence-corrected chi connectivity index (χ0v) is 14.5. The molecule has 0 saturated heterocycles. The first-order valence-corrected chi connectivity index (χ1v) is 8.50. The fourth-order valence-electron chi connectivity index (χ4n) is 3.39. The highest BCUT2D eigenvalue weighted by Gasteiger charge is 2.17. The first kappa shape index (κ1) is 16.4. The SMILES string of the molecule is Cc1cc(C)c(NC(=O)c2cc(NC3CCCC3)ncn2)c(C)c1. The molecule has 5 nitrogen and oxygen atoms in total. The highest BCUT2D eigenvalue weighted by atomic mass is 16.1. The molecule has 2 aromatic rings. The van der Waals surface area contributed by atoms with E-state index < -0.39 is 0 Å². The number of carbonyl (C=O) groups is 1. The van der Waals surface area contributed by atoms with Crippen molar-refractivity contribution in [3.05, 3.63) is 46.9 Å². The molecule has 0 unspecified atom stereocenters. The predicted molar refractivity (Wildman–Crippen MR) is 96.5 cm³/mol. The lowest BCUT2D eigenvalue weighted by molar-refractivity contribution is 0.102. The van der Waals surface area contributed by atoms with Gasteiger partial charge in [0.25, 0.3) is 5.91 Å². The summed E-state index contributed by atoms with van der Waals surface area (Å²) in [5, 5.41) is 6.38. The van der Waals surface area contributed by atoms with Crippen molar-refractivity contribution in [2.75, 3.05) is 10.6 Å². The van der Waals surface area contributed by atoms with Gasteiger partial charge in [-0.2, -0.15) is 0 Å². The molecule has 1 heterocycles. The molecule has 1 aliphatic rings. The summed E-state index contributed by atoms with van der Waals surface area (Å²) in [5.74, 6) is 0.515. The van der Waals surface area contributed by atoms with E-state index in [2.05, 4.69) is 39.7 Å². The molecular weight excluding hydrogens is 300 g/mol. The van der Waals surface area contributed by atoms with Crippen molar-refractivity contribution in [3.63, 3.8) is 0 Å². The average molecular weight is 324 g/mol. The Balaban J connectivity index is 1.75. The van der Waals surface area contributed by atoms with Crippen molar-refractivity contribution in [2.45, 2.75) is 52.5 Å². The normalized spacial score (nSPS) is 14.6. The Hall–Kier alpha value is -2.43. The predicted octanol–water partition coefficient (Wildman–Crippen LogP) is 4.01. The van der Waals surface area contributed by atoms with Crippen LogP contribution < -0.4 is 10.6 Å². The van der Waals surface area contributed by atoms with Crippen LogP contribution in [0.3, 0.4) is 0 Å². The number of anilines is 2. The fourth-order valence-corrected chi connectivity index (χ4v) is 3.39. The van der Waals surface area contributed by atoms with Crippen molar-refractivity contribution in [1.82, 2.24) is 9.97 Å². The summed E-state index contributed by atoms with van der Waals surface area (Å²) in [7, 11) is 0. The lowest BCUT2D eigenvalue weighted by Gasteiger charge is -2.14. The third-order valence-corrected chi connectivity index (χ3v) is 4.52. The van der Waals surface area contributed by atoms with Crippen LogP contribution in [0.15, 0.2) is 24.5 Å². The maximum atomic E-state index is 12.6. The number of rotatable bonds is 4. The van der Waals surface area contributed by atoms with Crippen LogP contribution in [0, 0.1) is 20.8 Å². The van der Waals surface area contributed by atoms with Crippen molar-refractivity contribution in [3.8, 4) is 0 Å². The minimum Gasteiger partial charge on any atom is -0.367 e. The molecule has 0 radical (unpaired) electrons. The molecule has 3 rings (SSSR count). The van der Waals surface area contributed by atoms with Gasteiger partial charge < -0.3 is 10.6 Å². The minimum absolute atomic E-state index is 0.207. The molecule has 5 heteroatoms. The Morgan fingerprint density at radius 3 is 2.38 bits per heavy atom. The highest BCUT2D eigenvalue weighted by molar-refractivity contribution is 6.04. The van der Waals surface area contributed by atoms with E-state index in [1.165, 1.54) is 24.7 Å². The monoisotopic (exact) mass is 324 g/mol. The zero-order chi connectivity index (χ0) is 17.1. The van der Waals surface area contributed by atoms with Crippen LogP contribution in [-0.2, 0) is 0 Å². The number of hydrogen-bond donors (Lipinski definition) is 2. The first-order valence-electron chi connectivity index (χ1n) is 8.50. The summed E-state index contributed by atoms with van der Waals surface area (Å²) in [6.07, 6.45) is 6.27. The Morgan fingerprint density at radius 2 is 1.71 bits per heavy atom. The summed E-state index contributed by atoms with van der Waals surface area (Å²) in [6.45, 7) is 6.06. The van der Waals surface area contributed by atoms with Crippen LogP contribution in [0.25, 0.3) is 0 Å². The largest absolute Gasteiger partial charge is 0.367 e.